The molecule has 0 spiro atoms. The zero-order valence-electron chi connectivity index (χ0n) is 6.60. The summed E-state index contributed by atoms with van der Waals surface area (Å²) in [6.07, 6.45) is 0. The first-order valence-electron chi connectivity index (χ1n) is 3.46. The van der Waals surface area contributed by atoms with Crippen LogP contribution in [-0.2, 0) is 0 Å². The van der Waals surface area contributed by atoms with Crippen molar-refractivity contribution in [3.05, 3.63) is 27.8 Å². The Labute approximate surface area is 84.7 Å². The lowest BCUT2D eigenvalue weighted by Crippen LogP contribution is -2.24. The molecular formula is C8H9IN2O. The van der Waals surface area contributed by atoms with E-state index in [2.05, 4.69) is 33.2 Å². The maximum absolute atomic E-state index is 10.9. The van der Waals surface area contributed by atoms with Gasteiger partial charge in [0.15, 0.2) is 0 Å². The summed E-state index contributed by atoms with van der Waals surface area (Å²) in [5, 5.41) is 5.16. The smallest absolute Gasteiger partial charge is 0.318 e. The van der Waals surface area contributed by atoms with Crippen molar-refractivity contribution < 1.29 is 4.79 Å². The molecule has 0 unspecified atom stereocenters. The minimum atomic E-state index is -0.197. The van der Waals surface area contributed by atoms with Gasteiger partial charge in [0.2, 0.25) is 0 Å². The highest BCUT2D eigenvalue weighted by atomic mass is 127. The average molecular weight is 276 g/mol. The maximum Gasteiger partial charge on any atom is 0.318 e. The van der Waals surface area contributed by atoms with Crippen LogP contribution in [0.3, 0.4) is 0 Å². The van der Waals surface area contributed by atoms with Crippen molar-refractivity contribution in [1.29, 1.82) is 0 Å². The van der Waals surface area contributed by atoms with E-state index in [1.165, 1.54) is 0 Å². The maximum atomic E-state index is 10.9. The van der Waals surface area contributed by atoms with Crippen LogP contribution in [0.2, 0.25) is 0 Å². The molecule has 2 amide bonds. The van der Waals surface area contributed by atoms with Crippen molar-refractivity contribution >= 4 is 34.3 Å². The Morgan fingerprint density at radius 2 is 2.25 bits per heavy atom. The highest BCUT2D eigenvalue weighted by Crippen LogP contribution is 2.11. The number of urea groups is 1. The van der Waals surface area contributed by atoms with E-state index in [9.17, 15) is 4.79 Å². The van der Waals surface area contributed by atoms with E-state index in [1.54, 1.807) is 7.05 Å². The number of carbonyl (C=O) groups is 1. The fraction of sp³-hybridized carbons (Fsp3) is 0.125. The number of halogens is 1. The fourth-order valence-corrected chi connectivity index (χ4v) is 1.30. The molecule has 12 heavy (non-hydrogen) atoms. The van der Waals surface area contributed by atoms with Gasteiger partial charge >= 0.3 is 6.03 Å². The topological polar surface area (TPSA) is 41.1 Å². The first-order chi connectivity index (χ1) is 5.72. The Morgan fingerprint density at radius 3 is 2.83 bits per heavy atom. The second kappa shape index (κ2) is 4.30. The highest BCUT2D eigenvalue weighted by Gasteiger charge is 1.97. The molecule has 0 saturated carbocycles. The predicted octanol–water partition coefficient (Wildman–Crippen LogP) is 2.04. The van der Waals surface area contributed by atoms with Crippen LogP contribution in [0.15, 0.2) is 24.3 Å². The summed E-state index contributed by atoms with van der Waals surface area (Å²) in [5.41, 5.74) is 0.807. The molecule has 64 valence electrons. The molecule has 1 aromatic carbocycles. The minimum Gasteiger partial charge on any atom is -0.341 e. The summed E-state index contributed by atoms with van der Waals surface area (Å²) in [4.78, 5) is 10.9. The van der Waals surface area contributed by atoms with Gasteiger partial charge in [-0.15, -0.1) is 0 Å². The Kier molecular flexibility index (Phi) is 3.33. The summed E-state index contributed by atoms with van der Waals surface area (Å²) in [7, 11) is 1.59. The van der Waals surface area contributed by atoms with Gasteiger partial charge in [-0.2, -0.15) is 0 Å². The van der Waals surface area contributed by atoms with E-state index in [1.807, 2.05) is 24.3 Å². The van der Waals surface area contributed by atoms with Crippen molar-refractivity contribution in [1.82, 2.24) is 5.32 Å². The molecule has 3 nitrogen and oxygen atoms in total. The Morgan fingerprint density at radius 1 is 1.50 bits per heavy atom. The molecule has 0 aliphatic rings. The minimum absolute atomic E-state index is 0.197. The molecule has 0 radical (unpaired) electrons. The van der Waals surface area contributed by atoms with Crippen LogP contribution in [0.25, 0.3) is 0 Å². The number of nitrogens with one attached hydrogen (secondary N) is 2. The second-order valence-electron chi connectivity index (χ2n) is 2.21. The Bertz CT molecular complexity index is 288. The summed E-state index contributed by atoms with van der Waals surface area (Å²) >= 11 is 2.19. The number of amides is 2. The van der Waals surface area contributed by atoms with Crippen molar-refractivity contribution in [2.45, 2.75) is 0 Å². The SMILES string of the molecule is CNC(=O)Nc1cccc(I)c1. The van der Waals surface area contributed by atoms with Gasteiger partial charge in [0, 0.05) is 16.3 Å². The van der Waals surface area contributed by atoms with Crippen LogP contribution in [0, 0.1) is 3.57 Å². The molecule has 1 rings (SSSR count). The molecule has 0 atom stereocenters. The monoisotopic (exact) mass is 276 g/mol. The quantitative estimate of drug-likeness (QED) is 0.757. The number of rotatable bonds is 1. The van der Waals surface area contributed by atoms with Gasteiger partial charge in [0.05, 0.1) is 0 Å². The van der Waals surface area contributed by atoms with Crippen LogP contribution < -0.4 is 10.6 Å². The lowest BCUT2D eigenvalue weighted by atomic mass is 10.3. The third-order valence-corrected chi connectivity index (χ3v) is 1.98. The summed E-state index contributed by atoms with van der Waals surface area (Å²) in [5.74, 6) is 0. The van der Waals surface area contributed by atoms with Crippen LogP contribution in [0.1, 0.15) is 0 Å². The molecule has 0 saturated heterocycles. The summed E-state index contributed by atoms with van der Waals surface area (Å²) in [6.45, 7) is 0. The van der Waals surface area contributed by atoms with Crippen molar-refractivity contribution in [2.24, 2.45) is 0 Å². The number of hydrogen-bond donors (Lipinski definition) is 2. The van der Waals surface area contributed by atoms with E-state index in [4.69, 9.17) is 0 Å². The fourth-order valence-electron chi connectivity index (χ4n) is 0.760. The second-order valence-corrected chi connectivity index (χ2v) is 3.46. The Hall–Kier alpha value is -0.780. The van der Waals surface area contributed by atoms with Gasteiger partial charge in [-0.05, 0) is 40.8 Å². The summed E-state index contributed by atoms with van der Waals surface area (Å²) in [6, 6.07) is 7.41. The van der Waals surface area contributed by atoms with Gasteiger partial charge in [-0.25, -0.2) is 4.79 Å². The molecule has 0 aliphatic heterocycles. The molecule has 0 fully saturated rings. The molecule has 0 aliphatic carbocycles. The molecule has 0 heterocycles. The van der Waals surface area contributed by atoms with Crippen molar-refractivity contribution in [3.63, 3.8) is 0 Å². The lowest BCUT2D eigenvalue weighted by molar-refractivity contribution is 0.254. The van der Waals surface area contributed by atoms with Gasteiger partial charge in [-0.3, -0.25) is 0 Å². The van der Waals surface area contributed by atoms with E-state index in [0.29, 0.717) is 0 Å². The van der Waals surface area contributed by atoms with Crippen molar-refractivity contribution in [3.8, 4) is 0 Å². The van der Waals surface area contributed by atoms with Crippen LogP contribution in [-0.4, -0.2) is 13.1 Å². The zero-order valence-corrected chi connectivity index (χ0v) is 8.75. The van der Waals surface area contributed by atoms with E-state index < -0.39 is 0 Å². The number of carbonyl (C=O) groups excluding carboxylic acids is 1. The standard InChI is InChI=1S/C8H9IN2O/c1-10-8(12)11-7-4-2-3-6(9)5-7/h2-5H,1H3,(H2,10,11,12). The molecule has 4 heteroatoms. The van der Waals surface area contributed by atoms with E-state index in [-0.39, 0.29) is 6.03 Å². The normalized spacial score (nSPS) is 9.17. The molecule has 0 bridgehead atoms. The van der Waals surface area contributed by atoms with Crippen molar-refractivity contribution in [2.75, 3.05) is 12.4 Å². The molecule has 0 aromatic heterocycles. The van der Waals surface area contributed by atoms with Crippen LogP contribution >= 0.6 is 22.6 Å². The largest absolute Gasteiger partial charge is 0.341 e. The van der Waals surface area contributed by atoms with Crippen LogP contribution in [0.4, 0.5) is 10.5 Å². The van der Waals surface area contributed by atoms with E-state index in [0.717, 1.165) is 9.26 Å². The number of hydrogen-bond acceptors (Lipinski definition) is 1. The van der Waals surface area contributed by atoms with Crippen LogP contribution in [0.5, 0.6) is 0 Å². The van der Waals surface area contributed by atoms with Gasteiger partial charge in [0.25, 0.3) is 0 Å². The third-order valence-electron chi connectivity index (χ3n) is 1.31. The molecular weight excluding hydrogens is 267 g/mol. The molecule has 1 aromatic rings. The lowest BCUT2D eigenvalue weighted by Gasteiger charge is -2.03. The van der Waals surface area contributed by atoms with E-state index >= 15 is 0 Å². The first kappa shape index (κ1) is 9.31. The highest BCUT2D eigenvalue weighted by molar-refractivity contribution is 14.1. The van der Waals surface area contributed by atoms with Gasteiger partial charge in [-0.1, -0.05) is 6.07 Å². The zero-order chi connectivity index (χ0) is 8.97. The number of benzene rings is 1. The summed E-state index contributed by atoms with van der Waals surface area (Å²) < 4.78 is 1.10. The third kappa shape index (κ3) is 2.69. The Balaban J connectivity index is 2.69. The number of anilines is 1. The first-order valence-corrected chi connectivity index (χ1v) is 4.54. The molecule has 2 N–H and O–H groups in total. The predicted molar refractivity (Wildman–Crippen MR) is 57.2 cm³/mol. The van der Waals surface area contributed by atoms with Gasteiger partial charge in [0.1, 0.15) is 0 Å². The van der Waals surface area contributed by atoms with Gasteiger partial charge < -0.3 is 10.6 Å². The average Bonchev–Trinajstić information content (AvgIpc) is 2.04.